The Hall–Kier alpha value is -3.08. The van der Waals surface area contributed by atoms with E-state index in [1.807, 2.05) is 31.2 Å². The molecule has 4 rings (SSSR count). The van der Waals surface area contributed by atoms with Gasteiger partial charge in [0.1, 0.15) is 17.0 Å². The number of nitrogens with one attached hydrogen (secondary N) is 1. The van der Waals surface area contributed by atoms with Crippen LogP contribution in [0.25, 0.3) is 10.9 Å². The number of aryl methyl sites for hydroxylation is 1. The predicted molar refractivity (Wildman–Crippen MR) is 91.3 cm³/mol. The maximum absolute atomic E-state index is 12.1. The lowest BCUT2D eigenvalue weighted by molar-refractivity contribution is -0.116. The van der Waals surface area contributed by atoms with Gasteiger partial charge in [0.05, 0.1) is 0 Å². The van der Waals surface area contributed by atoms with Crippen LogP contribution in [-0.4, -0.2) is 21.1 Å². The zero-order valence-corrected chi connectivity index (χ0v) is 13.1. The van der Waals surface area contributed by atoms with E-state index in [4.69, 9.17) is 0 Å². The van der Waals surface area contributed by atoms with Crippen molar-refractivity contribution in [3.05, 3.63) is 59.3 Å². The maximum atomic E-state index is 12.1. The second kappa shape index (κ2) is 5.23. The number of carbonyl (C=O) groups excluding carboxylic acids is 1. The number of aromatic nitrogens is 1. The lowest BCUT2D eigenvalue weighted by Gasteiger charge is -2.26. The standard InChI is InChI=1S/C19H16N2O3/c1-10-7-12-13(8-18(24)20-15(12)9-17(10)23)14-6-5-11-3-2-4-16(22)19(11)21-14/h2-7,9,13,22-23H,8H2,1H3,(H,20,24). The number of nitrogens with zero attached hydrogens (tertiary/aromatic N) is 1. The molecule has 1 aliphatic rings. The number of phenols is 2. The average Bonchev–Trinajstić information content (AvgIpc) is 2.56. The molecule has 0 saturated heterocycles. The first-order valence-corrected chi connectivity index (χ1v) is 7.75. The summed E-state index contributed by atoms with van der Waals surface area (Å²) in [6.45, 7) is 1.82. The summed E-state index contributed by atoms with van der Waals surface area (Å²) in [5, 5.41) is 23.6. The summed E-state index contributed by atoms with van der Waals surface area (Å²) in [7, 11) is 0. The largest absolute Gasteiger partial charge is 0.508 e. The second-order valence-corrected chi connectivity index (χ2v) is 6.12. The lowest BCUT2D eigenvalue weighted by Crippen LogP contribution is -2.24. The molecule has 5 heteroatoms. The summed E-state index contributed by atoms with van der Waals surface area (Å²) in [5.74, 6) is -0.0532. The molecule has 1 unspecified atom stereocenters. The highest BCUT2D eigenvalue weighted by atomic mass is 16.3. The Balaban J connectivity index is 1.90. The Morgan fingerprint density at radius 1 is 1.12 bits per heavy atom. The van der Waals surface area contributed by atoms with Crippen LogP contribution in [0.5, 0.6) is 11.5 Å². The van der Waals surface area contributed by atoms with Gasteiger partial charge in [-0.15, -0.1) is 0 Å². The number of amides is 1. The van der Waals surface area contributed by atoms with Crippen molar-refractivity contribution in [2.24, 2.45) is 0 Å². The van der Waals surface area contributed by atoms with Gasteiger partial charge in [-0.05, 0) is 36.2 Å². The molecule has 1 amide bonds. The molecule has 0 spiro atoms. The van der Waals surface area contributed by atoms with Crippen molar-refractivity contribution in [2.45, 2.75) is 19.3 Å². The van der Waals surface area contributed by atoms with Gasteiger partial charge in [0.2, 0.25) is 5.91 Å². The Labute approximate surface area is 138 Å². The number of benzene rings is 2. The van der Waals surface area contributed by atoms with Gasteiger partial charge in [-0.1, -0.05) is 18.2 Å². The van der Waals surface area contributed by atoms with E-state index in [2.05, 4.69) is 10.3 Å². The fourth-order valence-electron chi connectivity index (χ4n) is 3.22. The van der Waals surface area contributed by atoms with E-state index in [9.17, 15) is 15.0 Å². The number of aromatic hydroxyl groups is 2. The van der Waals surface area contributed by atoms with Gasteiger partial charge < -0.3 is 15.5 Å². The molecule has 3 N–H and O–H groups in total. The molecular weight excluding hydrogens is 304 g/mol. The molecule has 0 bridgehead atoms. The first kappa shape index (κ1) is 14.5. The van der Waals surface area contributed by atoms with E-state index in [0.29, 0.717) is 11.2 Å². The zero-order valence-electron chi connectivity index (χ0n) is 13.1. The molecule has 0 radical (unpaired) electrons. The number of carbonyl (C=O) groups is 1. The van der Waals surface area contributed by atoms with Gasteiger partial charge in [0.15, 0.2) is 0 Å². The minimum atomic E-state index is -0.211. The molecule has 2 aromatic carbocycles. The normalized spacial score (nSPS) is 16.7. The van der Waals surface area contributed by atoms with E-state index in [-0.39, 0.29) is 29.7 Å². The molecule has 1 aliphatic heterocycles. The topological polar surface area (TPSA) is 82.5 Å². The Kier molecular flexibility index (Phi) is 3.16. The smallest absolute Gasteiger partial charge is 0.225 e. The third-order valence-corrected chi connectivity index (χ3v) is 4.48. The number of rotatable bonds is 1. The lowest BCUT2D eigenvalue weighted by atomic mass is 9.86. The second-order valence-electron chi connectivity index (χ2n) is 6.12. The number of fused-ring (bicyclic) bond motifs is 2. The van der Waals surface area contributed by atoms with Crippen molar-refractivity contribution in [3.8, 4) is 11.5 Å². The van der Waals surface area contributed by atoms with Crippen LogP contribution in [0.2, 0.25) is 0 Å². The highest BCUT2D eigenvalue weighted by Crippen LogP contribution is 2.40. The van der Waals surface area contributed by atoms with Gasteiger partial charge in [-0.25, -0.2) is 4.98 Å². The first-order chi connectivity index (χ1) is 11.5. The van der Waals surface area contributed by atoms with Crippen LogP contribution < -0.4 is 5.32 Å². The average molecular weight is 320 g/mol. The van der Waals surface area contributed by atoms with Gasteiger partial charge in [-0.2, -0.15) is 0 Å². The SMILES string of the molecule is Cc1cc2c(cc1O)NC(=O)CC2c1ccc2cccc(O)c2n1. The first-order valence-electron chi connectivity index (χ1n) is 7.75. The fraction of sp³-hybridized carbons (Fsp3) is 0.158. The van der Waals surface area contributed by atoms with Crippen LogP contribution in [0.4, 0.5) is 5.69 Å². The molecule has 0 saturated carbocycles. The molecule has 0 aliphatic carbocycles. The quantitative estimate of drug-likeness (QED) is 0.641. The molecule has 0 fully saturated rings. The summed E-state index contributed by atoms with van der Waals surface area (Å²) < 4.78 is 0. The summed E-state index contributed by atoms with van der Waals surface area (Å²) in [5.41, 5.74) is 3.53. The molecule has 3 aromatic rings. The van der Waals surface area contributed by atoms with Gasteiger partial charge >= 0.3 is 0 Å². The van der Waals surface area contributed by atoms with E-state index in [1.165, 1.54) is 0 Å². The van der Waals surface area contributed by atoms with Crippen molar-refractivity contribution < 1.29 is 15.0 Å². The van der Waals surface area contributed by atoms with Crippen LogP contribution in [0.15, 0.2) is 42.5 Å². The number of hydrogen-bond acceptors (Lipinski definition) is 4. The van der Waals surface area contributed by atoms with E-state index < -0.39 is 0 Å². The number of hydrogen-bond donors (Lipinski definition) is 3. The summed E-state index contributed by atoms with van der Waals surface area (Å²) in [6.07, 6.45) is 0.281. The van der Waals surface area contributed by atoms with E-state index >= 15 is 0 Å². The third-order valence-electron chi connectivity index (χ3n) is 4.48. The summed E-state index contributed by atoms with van der Waals surface area (Å²) >= 11 is 0. The third kappa shape index (κ3) is 2.25. The fourth-order valence-corrected chi connectivity index (χ4v) is 3.22. The Morgan fingerprint density at radius 2 is 1.96 bits per heavy atom. The Bertz CT molecular complexity index is 982. The van der Waals surface area contributed by atoms with Crippen LogP contribution in [0, 0.1) is 6.92 Å². The van der Waals surface area contributed by atoms with Gasteiger partial charge in [0, 0.05) is 35.2 Å². The molecule has 5 nitrogen and oxygen atoms in total. The van der Waals surface area contributed by atoms with E-state index in [0.717, 1.165) is 22.2 Å². The molecule has 120 valence electrons. The number of anilines is 1. The van der Waals surface area contributed by atoms with Crippen molar-refractivity contribution >= 4 is 22.5 Å². The van der Waals surface area contributed by atoms with Crippen molar-refractivity contribution in [2.75, 3.05) is 5.32 Å². The summed E-state index contributed by atoms with van der Waals surface area (Å²) in [6, 6.07) is 12.5. The highest BCUT2D eigenvalue weighted by molar-refractivity contribution is 5.96. The van der Waals surface area contributed by atoms with Crippen LogP contribution in [-0.2, 0) is 4.79 Å². The molecule has 1 atom stereocenters. The van der Waals surface area contributed by atoms with Crippen LogP contribution in [0.1, 0.15) is 29.2 Å². The predicted octanol–water partition coefficient (Wildman–Crippen LogP) is 3.43. The number of phenolic OH excluding ortho intramolecular Hbond substituents is 2. The van der Waals surface area contributed by atoms with Crippen LogP contribution >= 0.6 is 0 Å². The van der Waals surface area contributed by atoms with Crippen molar-refractivity contribution in [1.82, 2.24) is 4.98 Å². The zero-order chi connectivity index (χ0) is 16.8. The highest BCUT2D eigenvalue weighted by Gasteiger charge is 2.28. The minimum Gasteiger partial charge on any atom is -0.508 e. The maximum Gasteiger partial charge on any atom is 0.225 e. The van der Waals surface area contributed by atoms with Gasteiger partial charge in [-0.3, -0.25) is 4.79 Å². The minimum absolute atomic E-state index is 0.116. The van der Waals surface area contributed by atoms with Gasteiger partial charge in [0.25, 0.3) is 0 Å². The molecule has 2 heterocycles. The monoisotopic (exact) mass is 320 g/mol. The van der Waals surface area contributed by atoms with Crippen LogP contribution in [0.3, 0.4) is 0 Å². The Morgan fingerprint density at radius 3 is 2.79 bits per heavy atom. The molecule has 24 heavy (non-hydrogen) atoms. The van der Waals surface area contributed by atoms with E-state index in [1.54, 1.807) is 18.2 Å². The number of para-hydroxylation sites is 1. The van der Waals surface area contributed by atoms with Crippen molar-refractivity contribution in [3.63, 3.8) is 0 Å². The molecule has 1 aromatic heterocycles. The number of pyridine rings is 1. The van der Waals surface area contributed by atoms with Crippen molar-refractivity contribution in [1.29, 1.82) is 0 Å². The summed E-state index contributed by atoms with van der Waals surface area (Å²) in [4.78, 5) is 16.7. The molecular formula is C19H16N2O3.